The van der Waals surface area contributed by atoms with Crippen molar-refractivity contribution in [3.05, 3.63) is 71.2 Å². The Labute approximate surface area is 145 Å². The van der Waals surface area contributed by atoms with Gasteiger partial charge >= 0.3 is 0 Å². The molecule has 24 heavy (non-hydrogen) atoms. The Morgan fingerprint density at radius 1 is 1.04 bits per heavy atom. The van der Waals surface area contributed by atoms with E-state index >= 15 is 0 Å². The van der Waals surface area contributed by atoms with Crippen LogP contribution in [0.2, 0.25) is 0 Å². The summed E-state index contributed by atoms with van der Waals surface area (Å²) in [5.74, 6) is 0.0429. The zero-order chi connectivity index (χ0) is 17.3. The van der Waals surface area contributed by atoms with Crippen molar-refractivity contribution in [1.29, 1.82) is 0 Å². The first-order chi connectivity index (χ1) is 11.4. The number of aryl methyl sites for hydroxylation is 1. The Morgan fingerprint density at radius 3 is 2.25 bits per heavy atom. The van der Waals surface area contributed by atoms with Gasteiger partial charge < -0.3 is 0 Å². The summed E-state index contributed by atoms with van der Waals surface area (Å²) in [5, 5.41) is 0. The molecule has 0 spiro atoms. The summed E-state index contributed by atoms with van der Waals surface area (Å²) < 4.78 is 27.2. The molecule has 0 aliphatic carbocycles. The molecule has 0 bridgehead atoms. The summed E-state index contributed by atoms with van der Waals surface area (Å²) in [7, 11) is 2.73. The molecular weight excluding hydrogens is 317 g/mol. The molecule has 0 saturated heterocycles. The summed E-state index contributed by atoms with van der Waals surface area (Å²) in [6.45, 7) is 4.62. The summed E-state index contributed by atoms with van der Waals surface area (Å²) in [4.78, 5) is 0.316. The Balaban J connectivity index is 1.94. The third-order valence-corrected chi connectivity index (χ3v) is 6.23. The normalized spacial score (nSPS) is 19.5. The van der Waals surface area contributed by atoms with Crippen molar-refractivity contribution in [2.75, 3.05) is 13.1 Å². The Morgan fingerprint density at radius 2 is 1.67 bits per heavy atom. The highest BCUT2D eigenvalue weighted by Crippen LogP contribution is 2.33. The summed E-state index contributed by atoms with van der Waals surface area (Å²) in [6.07, 6.45) is 0. The molecule has 0 unspecified atom stereocenters. The van der Waals surface area contributed by atoms with Crippen molar-refractivity contribution in [3.63, 3.8) is 0 Å². The van der Waals surface area contributed by atoms with E-state index in [-0.39, 0.29) is 12.5 Å². The maximum absolute atomic E-state index is 12.9. The SMILES string of the molecule is [B]C1=C(c2ccccc2)[C@@H](C)CN(S(=O)(=O)c2ccc(C)cc2)C1. The largest absolute Gasteiger partial charge is 0.243 e. The zero-order valence-electron chi connectivity index (χ0n) is 13.9. The summed E-state index contributed by atoms with van der Waals surface area (Å²) >= 11 is 0. The lowest BCUT2D eigenvalue weighted by molar-refractivity contribution is 0.398. The molecule has 3 rings (SSSR count). The number of sulfonamides is 1. The van der Waals surface area contributed by atoms with Crippen molar-refractivity contribution >= 4 is 23.4 Å². The minimum Gasteiger partial charge on any atom is -0.207 e. The molecule has 3 nitrogen and oxygen atoms in total. The molecule has 0 fully saturated rings. The molecule has 1 aliphatic heterocycles. The maximum Gasteiger partial charge on any atom is 0.243 e. The number of benzene rings is 2. The zero-order valence-corrected chi connectivity index (χ0v) is 14.8. The molecule has 5 heteroatoms. The van der Waals surface area contributed by atoms with Crippen LogP contribution in [0.25, 0.3) is 5.57 Å². The van der Waals surface area contributed by atoms with Gasteiger partial charge in [0.2, 0.25) is 10.0 Å². The molecule has 0 aromatic heterocycles. The van der Waals surface area contributed by atoms with E-state index in [0.29, 0.717) is 16.9 Å². The van der Waals surface area contributed by atoms with Gasteiger partial charge in [0.25, 0.3) is 0 Å². The van der Waals surface area contributed by atoms with Crippen LogP contribution in [0.3, 0.4) is 0 Å². The minimum absolute atomic E-state index is 0.0429. The molecule has 2 radical (unpaired) electrons. The molecule has 122 valence electrons. The van der Waals surface area contributed by atoms with Crippen molar-refractivity contribution in [3.8, 4) is 0 Å². The van der Waals surface area contributed by atoms with Gasteiger partial charge in [0, 0.05) is 13.1 Å². The second-order valence-electron chi connectivity index (χ2n) is 6.32. The van der Waals surface area contributed by atoms with Crippen molar-refractivity contribution in [2.45, 2.75) is 18.7 Å². The van der Waals surface area contributed by atoms with Gasteiger partial charge in [-0.2, -0.15) is 4.31 Å². The van der Waals surface area contributed by atoms with Gasteiger partial charge in [-0.15, -0.1) is 0 Å². The number of hydrogen-bond acceptors (Lipinski definition) is 2. The molecule has 2 aromatic rings. The second kappa shape index (κ2) is 6.57. The first-order valence-corrected chi connectivity index (χ1v) is 9.44. The van der Waals surface area contributed by atoms with E-state index < -0.39 is 10.0 Å². The van der Waals surface area contributed by atoms with Crippen LogP contribution in [-0.4, -0.2) is 33.7 Å². The van der Waals surface area contributed by atoms with Crippen LogP contribution < -0.4 is 0 Å². The predicted molar refractivity (Wildman–Crippen MR) is 98.2 cm³/mol. The van der Waals surface area contributed by atoms with Crippen molar-refractivity contribution in [2.24, 2.45) is 5.92 Å². The number of hydrogen-bond donors (Lipinski definition) is 0. The number of rotatable bonds is 3. The number of nitrogens with zero attached hydrogens (tertiary/aromatic N) is 1. The quantitative estimate of drug-likeness (QED) is 0.807. The fourth-order valence-corrected chi connectivity index (χ4v) is 4.69. The lowest BCUT2D eigenvalue weighted by Crippen LogP contribution is -2.40. The van der Waals surface area contributed by atoms with E-state index in [1.165, 1.54) is 4.31 Å². The minimum atomic E-state index is -3.53. The average molecular weight is 337 g/mol. The van der Waals surface area contributed by atoms with Crippen LogP contribution in [0.4, 0.5) is 0 Å². The van der Waals surface area contributed by atoms with E-state index in [4.69, 9.17) is 7.85 Å². The average Bonchev–Trinajstić information content (AvgIpc) is 2.55. The monoisotopic (exact) mass is 337 g/mol. The Hall–Kier alpha value is -1.85. The van der Waals surface area contributed by atoms with Crippen molar-refractivity contribution < 1.29 is 8.42 Å². The van der Waals surface area contributed by atoms with Gasteiger partial charge in [-0.1, -0.05) is 60.4 Å². The molecule has 0 N–H and O–H groups in total. The molecular formula is C19H20BNO2S. The van der Waals surface area contributed by atoms with E-state index in [1.807, 2.05) is 56.3 Å². The van der Waals surface area contributed by atoms with Crippen LogP contribution in [0.1, 0.15) is 18.1 Å². The van der Waals surface area contributed by atoms with E-state index in [9.17, 15) is 8.42 Å². The van der Waals surface area contributed by atoms with Gasteiger partial charge in [0.1, 0.15) is 7.85 Å². The summed E-state index contributed by atoms with van der Waals surface area (Å²) in [5.41, 5.74) is 3.77. The second-order valence-corrected chi connectivity index (χ2v) is 8.25. The lowest BCUT2D eigenvalue weighted by Gasteiger charge is -2.34. The molecule has 1 heterocycles. The summed E-state index contributed by atoms with van der Waals surface area (Å²) in [6, 6.07) is 16.9. The smallest absolute Gasteiger partial charge is 0.207 e. The first kappa shape index (κ1) is 17.0. The molecule has 0 amide bonds. The molecule has 2 aromatic carbocycles. The van der Waals surface area contributed by atoms with E-state index in [1.54, 1.807) is 12.1 Å². The maximum atomic E-state index is 12.9. The van der Waals surface area contributed by atoms with Gasteiger partial charge in [0.15, 0.2) is 0 Å². The van der Waals surface area contributed by atoms with Gasteiger partial charge in [-0.25, -0.2) is 8.42 Å². The Bertz CT molecular complexity index is 858. The van der Waals surface area contributed by atoms with Gasteiger partial charge in [0.05, 0.1) is 4.90 Å². The molecule has 0 saturated carbocycles. The van der Waals surface area contributed by atoms with Crippen LogP contribution in [0.5, 0.6) is 0 Å². The predicted octanol–water partition coefficient (Wildman–Crippen LogP) is 3.22. The highest BCUT2D eigenvalue weighted by molar-refractivity contribution is 7.89. The third kappa shape index (κ3) is 3.19. The van der Waals surface area contributed by atoms with E-state index in [0.717, 1.165) is 16.7 Å². The first-order valence-electron chi connectivity index (χ1n) is 8.00. The Kier molecular flexibility index (Phi) is 4.65. The van der Waals surface area contributed by atoms with Crippen LogP contribution in [0.15, 0.2) is 65.0 Å². The van der Waals surface area contributed by atoms with Crippen LogP contribution in [-0.2, 0) is 10.0 Å². The van der Waals surface area contributed by atoms with Crippen molar-refractivity contribution in [1.82, 2.24) is 4.31 Å². The lowest BCUT2D eigenvalue weighted by atomic mass is 9.78. The van der Waals surface area contributed by atoms with Gasteiger partial charge in [-0.3, -0.25) is 0 Å². The standard InChI is InChI=1S/C19H20BNO2S/c1-14-8-10-17(11-9-14)24(22,23)21-12-15(2)19(18(20)13-21)16-6-4-3-5-7-16/h3-11,15H,12-13H2,1-2H3/t15-/m0/s1. The highest BCUT2D eigenvalue weighted by Gasteiger charge is 2.31. The molecule has 1 atom stereocenters. The fourth-order valence-electron chi connectivity index (χ4n) is 3.18. The van der Waals surface area contributed by atoms with E-state index in [2.05, 4.69) is 0 Å². The topological polar surface area (TPSA) is 37.4 Å². The highest BCUT2D eigenvalue weighted by atomic mass is 32.2. The fraction of sp³-hybridized carbons (Fsp3) is 0.263. The molecule has 1 aliphatic rings. The van der Waals surface area contributed by atoms with Gasteiger partial charge in [-0.05, 0) is 36.1 Å². The van der Waals surface area contributed by atoms with Crippen LogP contribution >= 0.6 is 0 Å². The third-order valence-electron chi connectivity index (χ3n) is 4.41. The van der Waals surface area contributed by atoms with Crippen LogP contribution in [0, 0.1) is 12.8 Å².